The van der Waals surface area contributed by atoms with Crippen molar-refractivity contribution in [3.8, 4) is 0 Å². The Bertz CT molecular complexity index is 301. The fourth-order valence-electron chi connectivity index (χ4n) is 1.24. The molecule has 1 unspecified atom stereocenters. The Hall–Kier alpha value is -0.480. The molecule has 1 aromatic rings. The van der Waals surface area contributed by atoms with Crippen LogP contribution in [-0.4, -0.2) is 26.1 Å². The van der Waals surface area contributed by atoms with Gasteiger partial charge in [0.05, 0.1) is 0 Å². The van der Waals surface area contributed by atoms with Crippen LogP contribution in [0.2, 0.25) is 0 Å². The summed E-state index contributed by atoms with van der Waals surface area (Å²) in [7, 11) is 2.01. The van der Waals surface area contributed by atoms with Crippen molar-refractivity contribution in [2.45, 2.75) is 38.0 Å². The van der Waals surface area contributed by atoms with E-state index in [1.807, 2.05) is 35.8 Å². The van der Waals surface area contributed by atoms with Crippen molar-refractivity contribution < 1.29 is 0 Å². The SMILES string of the molecule is Cn1ccnc1CC(N)CSC(C)(C)C. The van der Waals surface area contributed by atoms with Crippen molar-refractivity contribution in [2.24, 2.45) is 12.8 Å². The van der Waals surface area contributed by atoms with Crippen molar-refractivity contribution in [2.75, 3.05) is 5.75 Å². The van der Waals surface area contributed by atoms with Gasteiger partial charge in [0, 0.05) is 42.4 Å². The maximum Gasteiger partial charge on any atom is 0.109 e. The minimum atomic E-state index is 0.190. The number of aryl methyl sites for hydroxylation is 1. The first kappa shape index (κ1) is 12.6. The lowest BCUT2D eigenvalue weighted by Gasteiger charge is -2.20. The van der Waals surface area contributed by atoms with Gasteiger partial charge >= 0.3 is 0 Å². The molecule has 1 aromatic heterocycles. The van der Waals surface area contributed by atoms with Gasteiger partial charge in [-0.1, -0.05) is 20.8 Å². The fraction of sp³-hybridized carbons (Fsp3) is 0.727. The number of thioether (sulfide) groups is 1. The Labute approximate surface area is 96.5 Å². The average molecular weight is 227 g/mol. The normalized spacial score (nSPS) is 14.2. The van der Waals surface area contributed by atoms with Gasteiger partial charge in [0.25, 0.3) is 0 Å². The first-order chi connectivity index (χ1) is 6.88. The molecule has 0 aromatic carbocycles. The highest BCUT2D eigenvalue weighted by molar-refractivity contribution is 8.00. The van der Waals surface area contributed by atoms with Gasteiger partial charge in [-0.15, -0.1) is 0 Å². The van der Waals surface area contributed by atoms with Crippen LogP contribution in [0.1, 0.15) is 26.6 Å². The number of hydrogen-bond donors (Lipinski definition) is 1. The monoisotopic (exact) mass is 227 g/mol. The summed E-state index contributed by atoms with van der Waals surface area (Å²) in [4.78, 5) is 4.27. The van der Waals surface area contributed by atoms with E-state index in [4.69, 9.17) is 5.73 Å². The van der Waals surface area contributed by atoms with E-state index in [0.29, 0.717) is 4.75 Å². The quantitative estimate of drug-likeness (QED) is 0.853. The zero-order chi connectivity index (χ0) is 11.5. The Morgan fingerprint density at radius 3 is 2.67 bits per heavy atom. The summed E-state index contributed by atoms with van der Waals surface area (Å²) < 4.78 is 2.32. The summed E-state index contributed by atoms with van der Waals surface area (Å²) in [5, 5.41) is 0. The Morgan fingerprint density at radius 2 is 2.20 bits per heavy atom. The van der Waals surface area contributed by atoms with Gasteiger partial charge in [-0.25, -0.2) is 4.98 Å². The molecular formula is C11H21N3S. The minimum Gasteiger partial charge on any atom is -0.338 e. The van der Waals surface area contributed by atoms with Gasteiger partial charge in [0.15, 0.2) is 0 Å². The van der Waals surface area contributed by atoms with Crippen LogP contribution in [0.3, 0.4) is 0 Å². The molecule has 1 rings (SSSR count). The highest BCUT2D eigenvalue weighted by Crippen LogP contribution is 2.23. The average Bonchev–Trinajstić information content (AvgIpc) is 2.47. The molecule has 0 spiro atoms. The molecule has 0 aliphatic rings. The summed E-state index contributed by atoms with van der Waals surface area (Å²) in [6.07, 6.45) is 4.63. The third-order valence-electron chi connectivity index (χ3n) is 2.10. The molecule has 0 fully saturated rings. The molecule has 2 N–H and O–H groups in total. The van der Waals surface area contributed by atoms with Gasteiger partial charge in [-0.2, -0.15) is 11.8 Å². The number of aromatic nitrogens is 2. The van der Waals surface area contributed by atoms with Crippen molar-refractivity contribution in [3.05, 3.63) is 18.2 Å². The van der Waals surface area contributed by atoms with Crippen LogP contribution in [0.5, 0.6) is 0 Å². The van der Waals surface area contributed by atoms with Crippen molar-refractivity contribution in [1.82, 2.24) is 9.55 Å². The predicted octanol–water partition coefficient (Wildman–Crippen LogP) is 1.82. The summed E-state index contributed by atoms with van der Waals surface area (Å²) in [5.74, 6) is 2.05. The summed E-state index contributed by atoms with van der Waals surface area (Å²) >= 11 is 1.91. The van der Waals surface area contributed by atoms with E-state index in [1.54, 1.807) is 0 Å². The van der Waals surface area contributed by atoms with Crippen LogP contribution in [0.15, 0.2) is 12.4 Å². The Morgan fingerprint density at radius 1 is 1.53 bits per heavy atom. The molecule has 1 atom stereocenters. The Balaban J connectivity index is 2.37. The third-order valence-corrected chi connectivity index (χ3v) is 3.56. The maximum atomic E-state index is 6.07. The minimum absolute atomic E-state index is 0.190. The lowest BCUT2D eigenvalue weighted by Crippen LogP contribution is -2.29. The number of nitrogens with zero attached hydrogens (tertiary/aromatic N) is 2. The van der Waals surface area contributed by atoms with Crippen molar-refractivity contribution in [3.63, 3.8) is 0 Å². The van der Waals surface area contributed by atoms with Crippen LogP contribution in [0, 0.1) is 0 Å². The predicted molar refractivity (Wildman–Crippen MR) is 67.1 cm³/mol. The number of imidazole rings is 1. The molecule has 0 radical (unpaired) electrons. The molecule has 0 aliphatic carbocycles. The van der Waals surface area contributed by atoms with Crippen LogP contribution in [0.25, 0.3) is 0 Å². The summed E-state index contributed by atoms with van der Waals surface area (Å²) in [6.45, 7) is 6.64. The molecule has 4 heteroatoms. The second-order valence-electron chi connectivity index (χ2n) is 4.84. The lowest BCUT2D eigenvalue weighted by atomic mass is 10.2. The second kappa shape index (κ2) is 5.03. The highest BCUT2D eigenvalue weighted by atomic mass is 32.2. The van der Waals surface area contributed by atoms with Crippen LogP contribution >= 0.6 is 11.8 Å². The van der Waals surface area contributed by atoms with Crippen molar-refractivity contribution in [1.29, 1.82) is 0 Å². The molecular weight excluding hydrogens is 206 g/mol. The lowest BCUT2D eigenvalue weighted by molar-refractivity contribution is 0.674. The zero-order valence-corrected chi connectivity index (χ0v) is 10.8. The third kappa shape index (κ3) is 4.71. The number of rotatable bonds is 4. The van der Waals surface area contributed by atoms with Crippen LogP contribution in [-0.2, 0) is 13.5 Å². The van der Waals surface area contributed by atoms with E-state index in [-0.39, 0.29) is 6.04 Å². The van der Waals surface area contributed by atoms with E-state index < -0.39 is 0 Å². The van der Waals surface area contributed by atoms with Gasteiger partial charge in [-0.05, 0) is 0 Å². The first-order valence-corrected chi connectivity index (χ1v) is 6.23. The van der Waals surface area contributed by atoms with Gasteiger partial charge < -0.3 is 10.3 Å². The van der Waals surface area contributed by atoms with Gasteiger partial charge in [0.2, 0.25) is 0 Å². The molecule has 86 valence electrons. The van der Waals surface area contributed by atoms with Crippen LogP contribution in [0.4, 0.5) is 0 Å². The molecule has 0 saturated carbocycles. The molecule has 0 aliphatic heterocycles. The van der Waals surface area contributed by atoms with E-state index in [0.717, 1.165) is 18.0 Å². The standard InChI is InChI=1S/C11H21N3S/c1-11(2,3)15-8-9(12)7-10-13-5-6-14(10)4/h5-6,9H,7-8,12H2,1-4H3. The number of hydrogen-bond acceptors (Lipinski definition) is 3. The molecule has 15 heavy (non-hydrogen) atoms. The molecule has 0 saturated heterocycles. The molecule has 0 amide bonds. The first-order valence-electron chi connectivity index (χ1n) is 5.24. The fourth-order valence-corrected chi connectivity index (χ4v) is 2.08. The summed E-state index contributed by atoms with van der Waals surface area (Å²) in [6, 6.07) is 0.190. The van der Waals surface area contributed by atoms with E-state index in [1.165, 1.54) is 0 Å². The van der Waals surface area contributed by atoms with Crippen molar-refractivity contribution >= 4 is 11.8 Å². The van der Waals surface area contributed by atoms with E-state index in [9.17, 15) is 0 Å². The molecule has 0 bridgehead atoms. The molecule has 1 heterocycles. The largest absolute Gasteiger partial charge is 0.338 e. The Kier molecular flexibility index (Phi) is 4.22. The topological polar surface area (TPSA) is 43.8 Å². The van der Waals surface area contributed by atoms with E-state index >= 15 is 0 Å². The van der Waals surface area contributed by atoms with Gasteiger partial charge in [-0.3, -0.25) is 0 Å². The number of nitrogens with two attached hydrogens (primary N) is 1. The highest BCUT2D eigenvalue weighted by Gasteiger charge is 2.14. The smallest absolute Gasteiger partial charge is 0.109 e. The van der Waals surface area contributed by atoms with E-state index in [2.05, 4.69) is 25.8 Å². The second-order valence-corrected chi connectivity index (χ2v) is 6.69. The van der Waals surface area contributed by atoms with Gasteiger partial charge in [0.1, 0.15) is 5.82 Å². The van der Waals surface area contributed by atoms with Crippen LogP contribution < -0.4 is 5.73 Å². The zero-order valence-electron chi connectivity index (χ0n) is 10.0. The maximum absolute atomic E-state index is 6.07. The molecule has 3 nitrogen and oxygen atoms in total. The summed E-state index contributed by atoms with van der Waals surface area (Å²) in [5.41, 5.74) is 6.07.